The van der Waals surface area contributed by atoms with Crippen molar-refractivity contribution in [2.75, 3.05) is 24.5 Å². The Morgan fingerprint density at radius 2 is 1.84 bits per heavy atom. The molecule has 2 bridgehead atoms. The van der Waals surface area contributed by atoms with E-state index in [4.69, 9.17) is 0 Å². The number of carbonyl (C=O) groups is 1. The quantitative estimate of drug-likeness (QED) is 0.811. The van der Waals surface area contributed by atoms with Crippen LogP contribution in [0.3, 0.4) is 0 Å². The van der Waals surface area contributed by atoms with E-state index in [0.717, 1.165) is 53.8 Å². The lowest BCUT2D eigenvalue weighted by atomic mass is 9.82. The Morgan fingerprint density at radius 1 is 1.12 bits per heavy atom. The maximum absolute atomic E-state index is 12.3. The largest absolute Gasteiger partial charge is 0.465 e. The van der Waals surface area contributed by atoms with Crippen molar-refractivity contribution in [2.24, 2.45) is 5.92 Å². The molecule has 0 spiro atoms. The van der Waals surface area contributed by atoms with Crippen LogP contribution < -0.4 is 4.90 Å². The molecule has 0 saturated carbocycles. The van der Waals surface area contributed by atoms with E-state index >= 15 is 0 Å². The van der Waals surface area contributed by atoms with E-state index in [2.05, 4.69) is 20.8 Å². The molecule has 5 heteroatoms. The lowest BCUT2D eigenvalue weighted by Gasteiger charge is -2.48. The highest BCUT2D eigenvalue weighted by Gasteiger charge is 2.40. The topological polar surface area (TPSA) is 43.8 Å². The van der Waals surface area contributed by atoms with Gasteiger partial charge in [-0.2, -0.15) is 0 Å². The fourth-order valence-corrected chi connectivity index (χ4v) is 4.56. The third kappa shape index (κ3) is 3.18. The molecule has 1 amide bonds. The fourth-order valence-electron chi connectivity index (χ4n) is 4.22. The van der Waals surface area contributed by atoms with Crippen molar-refractivity contribution in [1.29, 1.82) is 0 Å². The number of anilines is 1. The zero-order valence-electron chi connectivity index (χ0n) is 13.9. The highest BCUT2D eigenvalue weighted by molar-refractivity contribution is 9.10. The average molecular weight is 401 g/mol. The predicted octanol–water partition coefficient (Wildman–Crippen LogP) is 4.69. The lowest BCUT2D eigenvalue weighted by Crippen LogP contribution is -2.58. The van der Waals surface area contributed by atoms with Crippen LogP contribution in [0.2, 0.25) is 0 Å². The van der Waals surface area contributed by atoms with Crippen molar-refractivity contribution in [2.45, 2.75) is 18.9 Å². The highest BCUT2D eigenvalue weighted by atomic mass is 79.9. The van der Waals surface area contributed by atoms with E-state index < -0.39 is 6.09 Å². The molecule has 0 unspecified atom stereocenters. The third-order valence-electron chi connectivity index (χ3n) is 5.46. The Bertz CT molecular complexity index is 773. The monoisotopic (exact) mass is 400 g/mol. The molecule has 2 aromatic rings. The second kappa shape index (κ2) is 6.81. The number of hydrogen-bond donors (Lipinski definition) is 1. The molecule has 3 heterocycles. The number of carboxylic acid groups (broad SMARTS) is 1. The van der Waals surface area contributed by atoms with E-state index in [0.29, 0.717) is 5.92 Å². The number of rotatable bonds is 3. The van der Waals surface area contributed by atoms with Gasteiger partial charge in [0.15, 0.2) is 0 Å². The van der Waals surface area contributed by atoms with Gasteiger partial charge in [-0.05, 0) is 49.5 Å². The summed E-state index contributed by atoms with van der Waals surface area (Å²) >= 11 is 3.52. The van der Waals surface area contributed by atoms with Gasteiger partial charge >= 0.3 is 6.09 Å². The molecule has 0 aromatic heterocycles. The number of benzene rings is 2. The summed E-state index contributed by atoms with van der Waals surface area (Å²) in [4.78, 5) is 16.3. The second-order valence-corrected chi connectivity index (χ2v) is 7.80. The molecule has 1 atom stereocenters. The Balaban J connectivity index is 1.80. The molecule has 0 aliphatic carbocycles. The first kappa shape index (κ1) is 16.6. The first-order chi connectivity index (χ1) is 12.1. The number of piperidine rings is 3. The van der Waals surface area contributed by atoms with Crippen molar-refractivity contribution in [3.63, 3.8) is 0 Å². The number of fused-ring (bicyclic) bond motifs is 3. The molecule has 3 saturated heterocycles. The molecule has 5 rings (SSSR count). The van der Waals surface area contributed by atoms with Gasteiger partial charge in [-0.1, -0.05) is 52.3 Å². The van der Waals surface area contributed by atoms with Gasteiger partial charge in [-0.3, -0.25) is 4.90 Å². The predicted molar refractivity (Wildman–Crippen MR) is 103 cm³/mol. The summed E-state index contributed by atoms with van der Waals surface area (Å²) in [5.41, 5.74) is 2.77. The molecular formula is C20H21BrN2O2. The molecule has 4 nitrogen and oxygen atoms in total. The van der Waals surface area contributed by atoms with Crippen molar-refractivity contribution >= 4 is 27.7 Å². The Hall–Kier alpha value is -1.85. The van der Waals surface area contributed by atoms with Crippen LogP contribution in [-0.2, 0) is 0 Å². The van der Waals surface area contributed by atoms with Gasteiger partial charge in [0.2, 0.25) is 0 Å². The van der Waals surface area contributed by atoms with Crippen molar-refractivity contribution in [1.82, 2.24) is 4.90 Å². The van der Waals surface area contributed by atoms with Crippen LogP contribution in [0, 0.1) is 5.92 Å². The lowest BCUT2D eigenvalue weighted by molar-refractivity contribution is 0.0838. The molecule has 3 aliphatic heterocycles. The van der Waals surface area contributed by atoms with E-state index in [1.165, 1.54) is 0 Å². The van der Waals surface area contributed by atoms with Crippen molar-refractivity contribution < 1.29 is 9.90 Å². The van der Waals surface area contributed by atoms with Crippen LogP contribution in [0.25, 0.3) is 11.1 Å². The van der Waals surface area contributed by atoms with Crippen LogP contribution in [0.4, 0.5) is 10.5 Å². The Labute approximate surface area is 156 Å². The summed E-state index contributed by atoms with van der Waals surface area (Å²) in [5, 5.41) is 10.1. The SMILES string of the molecule is O=C(O)N(c1cc(Br)ccc1-c1ccccc1)[C@H]1CN2CCC1CC2. The number of halogens is 1. The van der Waals surface area contributed by atoms with E-state index in [9.17, 15) is 9.90 Å². The maximum Gasteiger partial charge on any atom is 0.412 e. The minimum absolute atomic E-state index is 0.0248. The van der Waals surface area contributed by atoms with Crippen LogP contribution in [0.1, 0.15) is 12.8 Å². The highest BCUT2D eigenvalue weighted by Crippen LogP contribution is 2.39. The summed E-state index contributed by atoms with van der Waals surface area (Å²) in [6, 6.07) is 16.0. The Kier molecular flexibility index (Phi) is 4.52. The van der Waals surface area contributed by atoms with E-state index in [1.54, 1.807) is 4.90 Å². The van der Waals surface area contributed by atoms with Gasteiger partial charge in [0.25, 0.3) is 0 Å². The van der Waals surface area contributed by atoms with Crippen molar-refractivity contribution in [3.8, 4) is 11.1 Å². The maximum atomic E-state index is 12.3. The molecular weight excluding hydrogens is 380 g/mol. The van der Waals surface area contributed by atoms with Gasteiger partial charge in [0.1, 0.15) is 0 Å². The number of amides is 1. The zero-order chi connectivity index (χ0) is 17.4. The number of hydrogen-bond acceptors (Lipinski definition) is 2. The van der Waals surface area contributed by atoms with E-state index in [-0.39, 0.29) is 6.04 Å². The van der Waals surface area contributed by atoms with Gasteiger partial charge in [0.05, 0.1) is 11.7 Å². The molecule has 130 valence electrons. The van der Waals surface area contributed by atoms with Crippen LogP contribution in [-0.4, -0.2) is 41.8 Å². The minimum atomic E-state index is -0.867. The third-order valence-corrected chi connectivity index (χ3v) is 5.96. The Morgan fingerprint density at radius 3 is 2.44 bits per heavy atom. The molecule has 2 aromatic carbocycles. The molecule has 25 heavy (non-hydrogen) atoms. The van der Waals surface area contributed by atoms with Crippen LogP contribution >= 0.6 is 15.9 Å². The molecule has 1 N–H and O–H groups in total. The smallest absolute Gasteiger partial charge is 0.412 e. The van der Waals surface area contributed by atoms with E-state index in [1.807, 2.05) is 48.5 Å². The summed E-state index contributed by atoms with van der Waals surface area (Å²) in [6.45, 7) is 3.02. The average Bonchev–Trinajstić information content (AvgIpc) is 2.63. The fraction of sp³-hybridized carbons (Fsp3) is 0.350. The normalized spacial score (nSPS) is 24.9. The van der Waals surface area contributed by atoms with Gasteiger partial charge in [0, 0.05) is 16.6 Å². The first-order valence-corrected chi connectivity index (χ1v) is 9.52. The molecule has 3 fully saturated rings. The standard InChI is InChI=1S/C20H21BrN2O2/c21-16-6-7-17(14-4-2-1-3-5-14)18(12-16)23(20(24)25)19-13-22-10-8-15(19)9-11-22/h1-7,12,15,19H,8-11,13H2,(H,24,25)/t19-/m0/s1. The van der Waals surface area contributed by atoms with Gasteiger partial charge < -0.3 is 10.0 Å². The first-order valence-electron chi connectivity index (χ1n) is 8.73. The van der Waals surface area contributed by atoms with Gasteiger partial charge in [-0.25, -0.2) is 4.79 Å². The summed E-state index contributed by atoms with van der Waals surface area (Å²) in [5.74, 6) is 0.448. The second-order valence-electron chi connectivity index (χ2n) is 6.89. The molecule has 0 radical (unpaired) electrons. The van der Waals surface area contributed by atoms with Crippen molar-refractivity contribution in [3.05, 3.63) is 53.0 Å². The van der Waals surface area contributed by atoms with Crippen LogP contribution in [0.5, 0.6) is 0 Å². The molecule has 3 aliphatic rings. The van der Waals surface area contributed by atoms with Gasteiger partial charge in [-0.15, -0.1) is 0 Å². The van der Waals surface area contributed by atoms with Crippen LogP contribution in [0.15, 0.2) is 53.0 Å². The number of nitrogens with zero attached hydrogens (tertiary/aromatic N) is 2. The zero-order valence-corrected chi connectivity index (χ0v) is 15.5. The summed E-state index contributed by atoms with van der Waals surface area (Å²) < 4.78 is 0.898. The minimum Gasteiger partial charge on any atom is -0.465 e. The summed E-state index contributed by atoms with van der Waals surface area (Å²) in [6.07, 6.45) is 1.31. The summed E-state index contributed by atoms with van der Waals surface area (Å²) in [7, 11) is 0.